The highest BCUT2D eigenvalue weighted by molar-refractivity contribution is 5.87. The Labute approximate surface area is 183 Å². The zero-order chi connectivity index (χ0) is 21.6. The maximum Gasteiger partial charge on any atom is 0.331 e. The first-order chi connectivity index (χ1) is 14.9. The molecule has 2 fully saturated rings. The zero-order valence-electron chi connectivity index (χ0n) is 18.0. The molecular weight excluding hydrogens is 388 g/mol. The minimum atomic E-state index is -0.886. The number of aliphatic hydroxyl groups excluding tert-OH is 1. The van der Waals surface area contributed by atoms with Gasteiger partial charge in [-0.15, -0.1) is 0 Å². The number of hydrogen-bond donors (Lipinski definition) is 1. The Morgan fingerprint density at radius 1 is 1.13 bits per heavy atom. The van der Waals surface area contributed by atoms with Crippen molar-refractivity contribution in [1.82, 2.24) is 0 Å². The Balaban J connectivity index is 1.55. The number of aliphatic hydroxyl groups is 1. The molecule has 2 saturated heterocycles. The minimum Gasteiger partial charge on any atom is -0.451 e. The fraction of sp³-hybridized carbons (Fsp3) is 0.370. The maximum atomic E-state index is 12.9. The third kappa shape index (κ3) is 3.17. The number of allylic oxidation sites excluding steroid dienone is 1. The van der Waals surface area contributed by atoms with Crippen molar-refractivity contribution in [3.8, 4) is 0 Å². The summed E-state index contributed by atoms with van der Waals surface area (Å²) in [6, 6.07) is 19.6. The van der Waals surface area contributed by atoms with E-state index in [1.165, 1.54) is 11.6 Å². The third-order valence-electron chi connectivity index (χ3n) is 7.34. The van der Waals surface area contributed by atoms with Crippen molar-refractivity contribution in [3.05, 3.63) is 89.0 Å². The minimum absolute atomic E-state index is 0.0535. The molecule has 1 N–H and O–H groups in total. The predicted molar refractivity (Wildman–Crippen MR) is 119 cm³/mol. The zero-order valence-corrected chi connectivity index (χ0v) is 18.0. The van der Waals surface area contributed by atoms with Gasteiger partial charge in [0.05, 0.1) is 11.7 Å². The molecule has 2 aromatic carbocycles. The molecule has 2 heterocycles. The Morgan fingerprint density at radius 2 is 1.81 bits per heavy atom. The van der Waals surface area contributed by atoms with Crippen LogP contribution in [-0.2, 0) is 19.9 Å². The third-order valence-corrected chi connectivity index (χ3v) is 7.34. The van der Waals surface area contributed by atoms with Crippen molar-refractivity contribution >= 4 is 12.0 Å². The molecule has 2 aliphatic heterocycles. The van der Waals surface area contributed by atoms with Crippen LogP contribution in [0.4, 0.5) is 0 Å². The fourth-order valence-corrected chi connectivity index (χ4v) is 5.76. The van der Waals surface area contributed by atoms with Gasteiger partial charge in [-0.3, -0.25) is 0 Å². The van der Waals surface area contributed by atoms with Crippen molar-refractivity contribution in [2.75, 3.05) is 0 Å². The molecule has 0 saturated carbocycles. The molecule has 3 aliphatic rings. The molecule has 2 bridgehead atoms. The number of fused-ring (bicyclic) bond motifs is 4. The highest BCUT2D eigenvalue weighted by Crippen LogP contribution is 2.62. The van der Waals surface area contributed by atoms with Gasteiger partial charge in [-0.05, 0) is 49.5 Å². The molecule has 0 aromatic heterocycles. The second kappa shape index (κ2) is 7.47. The van der Waals surface area contributed by atoms with E-state index in [4.69, 9.17) is 9.47 Å². The fourth-order valence-electron chi connectivity index (χ4n) is 5.76. The van der Waals surface area contributed by atoms with Gasteiger partial charge in [0, 0.05) is 18.4 Å². The molecule has 0 spiro atoms. The Kier molecular flexibility index (Phi) is 4.87. The van der Waals surface area contributed by atoms with Crippen LogP contribution in [0.25, 0.3) is 6.08 Å². The Morgan fingerprint density at radius 3 is 2.52 bits per heavy atom. The molecule has 5 rings (SSSR count). The number of carbonyl (C=O) groups is 1. The topological polar surface area (TPSA) is 55.8 Å². The average molecular weight is 417 g/mol. The summed E-state index contributed by atoms with van der Waals surface area (Å²) >= 11 is 0. The number of ether oxygens (including phenoxy) is 2. The van der Waals surface area contributed by atoms with Gasteiger partial charge in [0.25, 0.3) is 0 Å². The molecule has 31 heavy (non-hydrogen) atoms. The van der Waals surface area contributed by atoms with Crippen LogP contribution in [0.1, 0.15) is 44.2 Å². The van der Waals surface area contributed by atoms with Crippen molar-refractivity contribution in [2.24, 2.45) is 5.92 Å². The number of rotatable bonds is 4. The van der Waals surface area contributed by atoms with Crippen LogP contribution in [0.15, 0.2) is 77.9 Å². The lowest BCUT2D eigenvalue weighted by atomic mass is 9.75. The summed E-state index contributed by atoms with van der Waals surface area (Å²) in [6.45, 7) is 4.13. The monoisotopic (exact) mass is 416 g/mol. The molecule has 1 aliphatic carbocycles. The van der Waals surface area contributed by atoms with Gasteiger partial charge in [0.1, 0.15) is 5.60 Å². The van der Waals surface area contributed by atoms with Crippen molar-refractivity contribution in [2.45, 2.75) is 56.5 Å². The van der Waals surface area contributed by atoms with Gasteiger partial charge in [-0.1, -0.05) is 66.2 Å². The summed E-state index contributed by atoms with van der Waals surface area (Å²) in [5.74, 6) is -0.346. The van der Waals surface area contributed by atoms with E-state index in [-0.39, 0.29) is 5.92 Å². The largest absolute Gasteiger partial charge is 0.451 e. The molecule has 4 heteroatoms. The van der Waals surface area contributed by atoms with Crippen LogP contribution in [0.2, 0.25) is 0 Å². The van der Waals surface area contributed by atoms with E-state index >= 15 is 0 Å². The average Bonchev–Trinajstić information content (AvgIpc) is 3.29. The van der Waals surface area contributed by atoms with Crippen LogP contribution in [0.5, 0.6) is 0 Å². The lowest BCUT2D eigenvalue weighted by molar-refractivity contribution is -0.211. The number of benzene rings is 2. The number of carbonyl (C=O) groups excluding carboxylic acids is 1. The Bertz CT molecular complexity index is 1040. The van der Waals surface area contributed by atoms with Gasteiger partial charge < -0.3 is 14.6 Å². The maximum absolute atomic E-state index is 12.9. The van der Waals surface area contributed by atoms with Crippen LogP contribution >= 0.6 is 0 Å². The SMILES string of the molecule is CC1=C2[C@@H](CC1)[C@]1(C)O[C@@](c3ccccc3)(C[C@H]1O)[C@H]2OC(=O)C=Cc1ccccc1. The second-order valence-corrected chi connectivity index (χ2v) is 9.15. The van der Waals surface area contributed by atoms with E-state index in [9.17, 15) is 9.90 Å². The number of esters is 1. The second-order valence-electron chi connectivity index (χ2n) is 9.15. The molecular formula is C27H28O4. The Hall–Kier alpha value is -2.69. The van der Waals surface area contributed by atoms with Crippen LogP contribution in [-0.4, -0.2) is 28.9 Å². The summed E-state index contributed by atoms with van der Waals surface area (Å²) in [5.41, 5.74) is 2.70. The summed E-state index contributed by atoms with van der Waals surface area (Å²) < 4.78 is 12.9. The first-order valence-electron chi connectivity index (χ1n) is 11.0. The van der Waals surface area contributed by atoms with Gasteiger partial charge >= 0.3 is 5.97 Å². The van der Waals surface area contributed by atoms with E-state index < -0.39 is 29.4 Å². The van der Waals surface area contributed by atoms with E-state index in [1.54, 1.807) is 6.08 Å². The summed E-state index contributed by atoms with van der Waals surface area (Å²) in [5, 5.41) is 11.1. The quantitative estimate of drug-likeness (QED) is 0.442. The van der Waals surface area contributed by atoms with E-state index in [0.29, 0.717) is 6.42 Å². The normalized spacial score (nSPS) is 34.2. The lowest BCUT2D eigenvalue weighted by Crippen LogP contribution is -2.55. The predicted octanol–water partition coefficient (Wildman–Crippen LogP) is 4.79. The van der Waals surface area contributed by atoms with Crippen LogP contribution in [0, 0.1) is 5.92 Å². The molecule has 0 unspecified atom stereocenters. The smallest absolute Gasteiger partial charge is 0.331 e. The van der Waals surface area contributed by atoms with Crippen LogP contribution < -0.4 is 0 Å². The number of hydrogen-bond acceptors (Lipinski definition) is 4. The summed E-state index contributed by atoms with van der Waals surface area (Å²) in [7, 11) is 0. The van der Waals surface area contributed by atoms with E-state index in [0.717, 1.165) is 29.5 Å². The molecule has 5 atom stereocenters. The molecule has 4 nitrogen and oxygen atoms in total. The van der Waals surface area contributed by atoms with Crippen molar-refractivity contribution < 1.29 is 19.4 Å². The van der Waals surface area contributed by atoms with Crippen LogP contribution in [0.3, 0.4) is 0 Å². The van der Waals surface area contributed by atoms with Gasteiger partial charge in [-0.25, -0.2) is 4.79 Å². The first kappa shape index (κ1) is 20.2. The molecule has 2 aromatic rings. The lowest BCUT2D eigenvalue weighted by Gasteiger charge is -2.48. The molecule has 0 radical (unpaired) electrons. The summed E-state index contributed by atoms with van der Waals surface area (Å²) in [4.78, 5) is 12.9. The molecule has 0 amide bonds. The van der Waals surface area contributed by atoms with Gasteiger partial charge in [0.15, 0.2) is 6.10 Å². The van der Waals surface area contributed by atoms with Crippen molar-refractivity contribution in [1.29, 1.82) is 0 Å². The highest BCUT2D eigenvalue weighted by atomic mass is 16.6. The van der Waals surface area contributed by atoms with E-state index in [2.05, 4.69) is 6.92 Å². The molecule has 160 valence electrons. The van der Waals surface area contributed by atoms with Crippen molar-refractivity contribution in [3.63, 3.8) is 0 Å². The van der Waals surface area contributed by atoms with E-state index in [1.807, 2.05) is 67.6 Å². The standard InChI is InChI=1S/C27H28O4/c1-18-13-15-21-24(18)25(30-23(29)16-14-19-9-5-3-6-10-19)27(20-11-7-4-8-12-20)17-22(28)26(21,2)31-27/h3-12,14,16,21-22,25,28H,13,15,17H2,1-2H3/t21-,22-,25+,26+,27-/m1/s1. The first-order valence-corrected chi connectivity index (χ1v) is 11.0. The highest BCUT2D eigenvalue weighted by Gasteiger charge is 2.68. The van der Waals surface area contributed by atoms with Gasteiger partial charge in [0.2, 0.25) is 0 Å². The summed E-state index contributed by atoms with van der Waals surface area (Å²) in [6.07, 6.45) is 4.32. The van der Waals surface area contributed by atoms with Gasteiger partial charge in [-0.2, -0.15) is 0 Å².